The second-order valence-electron chi connectivity index (χ2n) is 6.39. The lowest BCUT2D eigenvalue weighted by atomic mass is 10.1. The van der Waals surface area contributed by atoms with Crippen LogP contribution in [0.25, 0.3) is 0 Å². The van der Waals surface area contributed by atoms with E-state index in [1.165, 1.54) is 12.1 Å². The van der Waals surface area contributed by atoms with E-state index < -0.39 is 48.2 Å². The number of rotatable bonds is 12. The number of carbonyl (C=O) groups excluding carboxylic acids is 4. The summed E-state index contributed by atoms with van der Waals surface area (Å²) in [5.74, 6) is -3.61. The van der Waals surface area contributed by atoms with E-state index in [4.69, 9.17) is 16.6 Å². The van der Waals surface area contributed by atoms with Crippen molar-refractivity contribution in [1.82, 2.24) is 10.6 Å². The average Bonchev–Trinajstić information content (AvgIpc) is 2.66. The molecule has 1 aromatic carbocycles. The summed E-state index contributed by atoms with van der Waals surface area (Å²) >= 11 is 0. The molecule has 29 heavy (non-hydrogen) atoms. The molecule has 3 amide bonds. The Kier molecular flexibility index (Phi) is 9.26. The van der Waals surface area contributed by atoms with Crippen LogP contribution in [0, 0.1) is 0 Å². The normalized spacial score (nSPS) is 13.6. The number of hydrogen-bond acceptors (Lipinski definition) is 7. The summed E-state index contributed by atoms with van der Waals surface area (Å²) in [6.07, 6.45) is -0.434. The molecule has 0 fully saturated rings. The molecule has 0 saturated carbocycles. The average molecular weight is 408 g/mol. The number of primary amides is 1. The number of carboxylic acids is 1. The van der Waals surface area contributed by atoms with E-state index in [1.807, 2.05) is 0 Å². The van der Waals surface area contributed by atoms with Gasteiger partial charge in [0.1, 0.15) is 18.1 Å². The molecule has 158 valence electrons. The van der Waals surface area contributed by atoms with E-state index in [0.29, 0.717) is 11.8 Å². The highest BCUT2D eigenvalue weighted by molar-refractivity contribution is 5.94. The molecule has 0 saturated heterocycles. The highest BCUT2D eigenvalue weighted by Crippen LogP contribution is 2.11. The summed E-state index contributed by atoms with van der Waals surface area (Å²) in [5.41, 5.74) is 11.4. The Morgan fingerprint density at radius 2 is 1.69 bits per heavy atom. The number of phenols is 1. The van der Waals surface area contributed by atoms with Crippen LogP contribution in [0.1, 0.15) is 24.8 Å². The van der Waals surface area contributed by atoms with Gasteiger partial charge in [0.2, 0.25) is 17.7 Å². The highest BCUT2D eigenvalue weighted by Gasteiger charge is 2.27. The lowest BCUT2D eigenvalue weighted by molar-refractivity contribution is -0.137. The van der Waals surface area contributed by atoms with E-state index in [9.17, 15) is 29.1 Å². The Bertz CT molecular complexity index is 751. The maximum Gasteiger partial charge on any atom is 0.303 e. The van der Waals surface area contributed by atoms with Crippen molar-refractivity contribution in [2.75, 3.05) is 0 Å². The predicted octanol–water partition coefficient (Wildman–Crippen LogP) is -1.83. The van der Waals surface area contributed by atoms with Crippen LogP contribution >= 0.6 is 0 Å². The summed E-state index contributed by atoms with van der Waals surface area (Å²) in [6, 6.07) is 2.46. The fourth-order valence-electron chi connectivity index (χ4n) is 2.40. The fourth-order valence-corrected chi connectivity index (χ4v) is 2.40. The van der Waals surface area contributed by atoms with Crippen molar-refractivity contribution in [2.45, 2.75) is 43.8 Å². The number of nitrogens with one attached hydrogen (secondary N) is 2. The third-order valence-corrected chi connectivity index (χ3v) is 3.93. The van der Waals surface area contributed by atoms with E-state index in [1.54, 1.807) is 12.1 Å². The smallest absolute Gasteiger partial charge is 0.303 e. The molecule has 3 atom stereocenters. The van der Waals surface area contributed by atoms with Crippen LogP contribution in [-0.2, 0) is 30.4 Å². The van der Waals surface area contributed by atoms with E-state index in [-0.39, 0.29) is 25.0 Å². The SMILES string of the molecule is NC(=O)C[C@H](NC(=O)[C@@H](N)CCC(=O)O)C(=O)N[C@H](C=O)Cc1ccc(O)cc1. The lowest BCUT2D eigenvalue weighted by Crippen LogP contribution is -2.54. The van der Waals surface area contributed by atoms with Crippen molar-refractivity contribution >= 4 is 30.0 Å². The van der Waals surface area contributed by atoms with Crippen molar-refractivity contribution in [2.24, 2.45) is 11.5 Å². The first-order valence-electron chi connectivity index (χ1n) is 8.72. The van der Waals surface area contributed by atoms with Crippen LogP contribution in [-0.4, -0.2) is 58.3 Å². The topological polar surface area (TPSA) is 202 Å². The zero-order chi connectivity index (χ0) is 22.0. The number of phenolic OH excluding ortho intramolecular Hbond substituents is 1. The Hall–Kier alpha value is -3.47. The first-order chi connectivity index (χ1) is 13.6. The molecule has 0 aliphatic carbocycles. The molecule has 11 heteroatoms. The number of aldehydes is 1. The van der Waals surface area contributed by atoms with Gasteiger partial charge >= 0.3 is 5.97 Å². The number of nitrogens with two attached hydrogens (primary N) is 2. The zero-order valence-electron chi connectivity index (χ0n) is 15.5. The summed E-state index contributed by atoms with van der Waals surface area (Å²) in [5, 5.41) is 22.6. The molecule has 0 aliphatic heterocycles. The van der Waals surface area contributed by atoms with Gasteiger partial charge in [0.05, 0.1) is 18.5 Å². The van der Waals surface area contributed by atoms with Crippen molar-refractivity contribution in [1.29, 1.82) is 0 Å². The molecular weight excluding hydrogens is 384 g/mol. The molecule has 1 rings (SSSR count). The minimum Gasteiger partial charge on any atom is -0.508 e. The number of carbonyl (C=O) groups is 5. The van der Waals surface area contributed by atoms with Gasteiger partial charge in [0.25, 0.3) is 0 Å². The lowest BCUT2D eigenvalue weighted by Gasteiger charge is -2.21. The summed E-state index contributed by atoms with van der Waals surface area (Å²) in [4.78, 5) is 57.7. The Labute approximate surface area is 166 Å². The largest absolute Gasteiger partial charge is 0.508 e. The van der Waals surface area contributed by atoms with Gasteiger partial charge in [-0.2, -0.15) is 0 Å². The number of benzene rings is 1. The molecule has 0 unspecified atom stereocenters. The Morgan fingerprint density at radius 1 is 1.07 bits per heavy atom. The minimum absolute atomic E-state index is 0.0453. The van der Waals surface area contributed by atoms with Gasteiger partial charge in [0.15, 0.2) is 0 Å². The van der Waals surface area contributed by atoms with Crippen LogP contribution in [0.3, 0.4) is 0 Å². The molecule has 0 spiro atoms. The van der Waals surface area contributed by atoms with Crippen molar-refractivity contribution in [3.63, 3.8) is 0 Å². The third kappa shape index (κ3) is 8.84. The van der Waals surface area contributed by atoms with Gasteiger partial charge in [-0.1, -0.05) is 12.1 Å². The standard InChI is InChI=1S/C18H24N4O7/c19-13(5-6-16(26)27)17(28)22-14(8-15(20)25)18(29)21-11(9-23)7-10-1-3-12(24)4-2-10/h1-4,9,11,13-14,24H,5-8,19H2,(H2,20,25)(H,21,29)(H,22,28)(H,26,27)/t11-,13-,14-/m0/s1. The maximum atomic E-state index is 12.4. The van der Waals surface area contributed by atoms with Crippen molar-refractivity contribution in [3.8, 4) is 5.75 Å². The molecule has 0 aromatic heterocycles. The molecule has 0 radical (unpaired) electrons. The molecule has 0 aliphatic rings. The van der Waals surface area contributed by atoms with Crippen LogP contribution in [0.15, 0.2) is 24.3 Å². The van der Waals surface area contributed by atoms with Gasteiger partial charge < -0.3 is 37.1 Å². The second-order valence-corrected chi connectivity index (χ2v) is 6.39. The number of aliphatic carboxylic acids is 1. The number of amides is 3. The van der Waals surface area contributed by atoms with Crippen LogP contribution < -0.4 is 22.1 Å². The molecule has 11 nitrogen and oxygen atoms in total. The van der Waals surface area contributed by atoms with E-state index in [2.05, 4.69) is 10.6 Å². The molecular formula is C18H24N4O7. The van der Waals surface area contributed by atoms with Gasteiger partial charge in [-0.15, -0.1) is 0 Å². The van der Waals surface area contributed by atoms with Crippen molar-refractivity contribution < 1.29 is 34.2 Å². The monoisotopic (exact) mass is 408 g/mol. The minimum atomic E-state index is -1.38. The maximum absolute atomic E-state index is 12.4. The third-order valence-electron chi connectivity index (χ3n) is 3.93. The zero-order valence-corrected chi connectivity index (χ0v) is 15.5. The van der Waals surface area contributed by atoms with Crippen LogP contribution in [0.2, 0.25) is 0 Å². The first-order valence-corrected chi connectivity index (χ1v) is 8.72. The number of hydrogen-bond donors (Lipinski definition) is 6. The highest BCUT2D eigenvalue weighted by atomic mass is 16.4. The Balaban J connectivity index is 2.76. The van der Waals surface area contributed by atoms with Gasteiger partial charge in [-0.25, -0.2) is 0 Å². The van der Waals surface area contributed by atoms with Gasteiger partial charge in [-0.05, 0) is 30.5 Å². The van der Waals surface area contributed by atoms with E-state index >= 15 is 0 Å². The summed E-state index contributed by atoms with van der Waals surface area (Å²) in [6.45, 7) is 0. The van der Waals surface area contributed by atoms with Gasteiger partial charge in [-0.3, -0.25) is 19.2 Å². The van der Waals surface area contributed by atoms with Gasteiger partial charge in [0, 0.05) is 6.42 Å². The number of aromatic hydroxyl groups is 1. The summed E-state index contributed by atoms with van der Waals surface area (Å²) in [7, 11) is 0. The van der Waals surface area contributed by atoms with Crippen LogP contribution in [0.5, 0.6) is 5.75 Å². The predicted molar refractivity (Wildman–Crippen MR) is 100 cm³/mol. The first kappa shape index (κ1) is 23.6. The number of carboxylic acid groups (broad SMARTS) is 1. The molecule has 1 aromatic rings. The Morgan fingerprint density at radius 3 is 2.21 bits per heavy atom. The molecule has 8 N–H and O–H groups in total. The molecule has 0 heterocycles. The van der Waals surface area contributed by atoms with Crippen molar-refractivity contribution in [3.05, 3.63) is 29.8 Å². The van der Waals surface area contributed by atoms with Crippen LogP contribution in [0.4, 0.5) is 0 Å². The quantitative estimate of drug-likeness (QED) is 0.217. The molecule has 0 bridgehead atoms. The summed E-state index contributed by atoms with van der Waals surface area (Å²) < 4.78 is 0. The van der Waals surface area contributed by atoms with E-state index in [0.717, 1.165) is 0 Å². The fraction of sp³-hybridized carbons (Fsp3) is 0.389. The second kappa shape index (κ2) is 11.4.